The number of benzene rings is 1. The Bertz CT molecular complexity index is 532. The van der Waals surface area contributed by atoms with Crippen molar-refractivity contribution < 1.29 is 14.7 Å². The van der Waals surface area contributed by atoms with E-state index in [0.717, 1.165) is 10.5 Å². The Hall–Kier alpha value is -2.56. The van der Waals surface area contributed by atoms with Crippen LogP contribution in [-0.4, -0.2) is 28.5 Å². The van der Waals surface area contributed by atoms with Crippen LogP contribution in [0.25, 0.3) is 6.08 Å². The van der Waals surface area contributed by atoms with Crippen molar-refractivity contribution in [3.63, 3.8) is 0 Å². The van der Waals surface area contributed by atoms with Crippen molar-refractivity contribution in [2.75, 3.05) is 6.54 Å². The molecule has 1 fully saturated rings. The fourth-order valence-corrected chi connectivity index (χ4v) is 1.60. The molecule has 0 aliphatic carbocycles. The summed E-state index contributed by atoms with van der Waals surface area (Å²) in [7, 11) is 0. The highest BCUT2D eigenvalue weighted by Crippen LogP contribution is 2.16. The van der Waals surface area contributed by atoms with E-state index in [1.165, 1.54) is 18.2 Å². The Kier molecular flexibility index (Phi) is 3.14. The monoisotopic (exact) mass is 244 g/mol. The summed E-state index contributed by atoms with van der Waals surface area (Å²) in [5.41, 5.74) is 0.935. The van der Waals surface area contributed by atoms with Crippen molar-refractivity contribution >= 4 is 18.0 Å². The van der Waals surface area contributed by atoms with Gasteiger partial charge in [0, 0.05) is 6.54 Å². The van der Waals surface area contributed by atoms with Crippen molar-refractivity contribution in [1.29, 1.82) is 0 Å². The third kappa shape index (κ3) is 2.24. The molecule has 2 rings (SSSR count). The second-order valence-corrected chi connectivity index (χ2v) is 3.78. The minimum absolute atomic E-state index is 0.146. The van der Waals surface area contributed by atoms with Crippen molar-refractivity contribution in [2.24, 2.45) is 0 Å². The fourth-order valence-electron chi connectivity index (χ4n) is 1.60. The summed E-state index contributed by atoms with van der Waals surface area (Å²) < 4.78 is 0. The first-order valence-corrected chi connectivity index (χ1v) is 5.36. The van der Waals surface area contributed by atoms with Crippen LogP contribution in [0.4, 0.5) is 4.79 Å². The molecule has 1 heterocycles. The molecule has 1 aromatic rings. The Balaban J connectivity index is 2.24. The molecule has 3 amide bonds. The molecule has 0 spiro atoms. The average molecular weight is 244 g/mol. The van der Waals surface area contributed by atoms with Gasteiger partial charge in [0.05, 0.1) is 0 Å². The van der Waals surface area contributed by atoms with E-state index in [4.69, 9.17) is 5.11 Å². The van der Waals surface area contributed by atoms with E-state index in [0.29, 0.717) is 0 Å². The Labute approximate surface area is 104 Å². The number of amides is 3. The Morgan fingerprint density at radius 2 is 1.94 bits per heavy atom. The summed E-state index contributed by atoms with van der Waals surface area (Å²) in [6, 6.07) is 5.87. The molecule has 2 N–H and O–H groups in total. The highest BCUT2D eigenvalue weighted by Gasteiger charge is 2.32. The number of phenols is 1. The van der Waals surface area contributed by atoms with Crippen molar-refractivity contribution in [3.05, 3.63) is 48.2 Å². The zero-order valence-electron chi connectivity index (χ0n) is 9.59. The van der Waals surface area contributed by atoms with Crippen LogP contribution in [0.5, 0.6) is 5.75 Å². The fraction of sp³-hybridized carbons (Fsp3) is 0.0769. The van der Waals surface area contributed by atoms with Gasteiger partial charge in [0.1, 0.15) is 11.4 Å². The molecule has 5 heteroatoms. The van der Waals surface area contributed by atoms with Gasteiger partial charge in [-0.2, -0.15) is 0 Å². The molecule has 1 aromatic carbocycles. The molecule has 0 bridgehead atoms. The summed E-state index contributed by atoms with van der Waals surface area (Å²) >= 11 is 0. The number of imide groups is 1. The lowest BCUT2D eigenvalue weighted by atomic mass is 10.2. The van der Waals surface area contributed by atoms with Gasteiger partial charge in [-0.3, -0.25) is 9.69 Å². The second-order valence-electron chi connectivity index (χ2n) is 3.78. The summed E-state index contributed by atoms with van der Waals surface area (Å²) in [5.74, 6) is -0.236. The normalized spacial score (nSPS) is 17.1. The van der Waals surface area contributed by atoms with Gasteiger partial charge in [0.2, 0.25) is 0 Å². The van der Waals surface area contributed by atoms with Crippen LogP contribution in [0.15, 0.2) is 42.6 Å². The maximum absolute atomic E-state index is 11.9. The number of hydrogen-bond donors (Lipinski definition) is 2. The first-order valence-electron chi connectivity index (χ1n) is 5.36. The van der Waals surface area contributed by atoms with Crippen LogP contribution in [-0.2, 0) is 4.79 Å². The van der Waals surface area contributed by atoms with Gasteiger partial charge in [-0.25, -0.2) is 4.79 Å². The van der Waals surface area contributed by atoms with Gasteiger partial charge in [-0.05, 0) is 23.8 Å². The molecule has 18 heavy (non-hydrogen) atoms. The number of aromatic hydroxyl groups is 1. The third-order valence-electron chi connectivity index (χ3n) is 2.48. The predicted octanol–water partition coefficient (Wildman–Crippen LogP) is 1.47. The smallest absolute Gasteiger partial charge is 0.329 e. The predicted molar refractivity (Wildman–Crippen MR) is 66.5 cm³/mol. The molecule has 0 radical (unpaired) electrons. The van der Waals surface area contributed by atoms with E-state index in [-0.39, 0.29) is 23.9 Å². The topological polar surface area (TPSA) is 69.6 Å². The molecule has 0 atom stereocenters. The van der Waals surface area contributed by atoms with Crippen LogP contribution in [0.3, 0.4) is 0 Å². The molecular formula is C13H12N2O3. The van der Waals surface area contributed by atoms with Gasteiger partial charge in [0.15, 0.2) is 0 Å². The minimum Gasteiger partial charge on any atom is -0.508 e. The number of phenolic OH excluding ortho intramolecular Hbond substituents is 1. The second kappa shape index (κ2) is 4.75. The van der Waals surface area contributed by atoms with Gasteiger partial charge in [0.25, 0.3) is 5.91 Å². The van der Waals surface area contributed by atoms with E-state index in [1.54, 1.807) is 18.2 Å². The van der Waals surface area contributed by atoms with Crippen molar-refractivity contribution in [2.45, 2.75) is 0 Å². The molecule has 1 aliphatic heterocycles. The van der Waals surface area contributed by atoms with Crippen LogP contribution >= 0.6 is 0 Å². The van der Waals surface area contributed by atoms with Crippen LogP contribution in [0.2, 0.25) is 0 Å². The summed E-state index contributed by atoms with van der Waals surface area (Å²) in [4.78, 5) is 24.4. The molecule has 1 saturated heterocycles. The van der Waals surface area contributed by atoms with Crippen molar-refractivity contribution in [3.8, 4) is 5.75 Å². The molecular weight excluding hydrogens is 232 g/mol. The molecule has 5 nitrogen and oxygen atoms in total. The highest BCUT2D eigenvalue weighted by atomic mass is 16.3. The maximum Gasteiger partial charge on any atom is 0.329 e. The van der Waals surface area contributed by atoms with E-state index in [9.17, 15) is 9.59 Å². The Morgan fingerprint density at radius 1 is 1.28 bits per heavy atom. The van der Waals surface area contributed by atoms with E-state index >= 15 is 0 Å². The number of urea groups is 1. The zero-order chi connectivity index (χ0) is 13.1. The minimum atomic E-state index is -0.454. The first-order chi connectivity index (χ1) is 8.61. The molecule has 0 saturated carbocycles. The Morgan fingerprint density at radius 3 is 2.56 bits per heavy atom. The average Bonchev–Trinajstić information content (AvgIpc) is 2.60. The van der Waals surface area contributed by atoms with E-state index in [2.05, 4.69) is 11.9 Å². The number of carbonyl (C=O) groups excluding carboxylic acids is 2. The van der Waals surface area contributed by atoms with Gasteiger partial charge in [-0.1, -0.05) is 18.2 Å². The lowest BCUT2D eigenvalue weighted by Gasteiger charge is -2.06. The van der Waals surface area contributed by atoms with E-state index < -0.39 is 6.03 Å². The number of hydrogen-bond acceptors (Lipinski definition) is 3. The standard InChI is InChI=1S/C13H12N2O3/c1-2-7-15-12(17)11(14-13(15)18)8-9-3-5-10(16)6-4-9/h2-6,8,16H,1,7H2,(H,14,18)/b11-8+. The van der Waals surface area contributed by atoms with Gasteiger partial charge in [-0.15, -0.1) is 6.58 Å². The third-order valence-corrected chi connectivity index (χ3v) is 2.48. The lowest BCUT2D eigenvalue weighted by Crippen LogP contribution is -2.30. The summed E-state index contributed by atoms with van der Waals surface area (Å²) in [6.07, 6.45) is 3.05. The van der Waals surface area contributed by atoms with E-state index in [1.807, 2.05) is 0 Å². The zero-order valence-corrected chi connectivity index (χ0v) is 9.59. The molecule has 0 aromatic heterocycles. The molecule has 0 unspecified atom stereocenters. The SMILES string of the molecule is C=CCN1C(=O)N/C(=C/c2ccc(O)cc2)C1=O. The lowest BCUT2D eigenvalue weighted by molar-refractivity contribution is -0.122. The number of rotatable bonds is 3. The van der Waals surface area contributed by atoms with Crippen LogP contribution < -0.4 is 5.32 Å². The largest absolute Gasteiger partial charge is 0.508 e. The molecule has 1 aliphatic rings. The highest BCUT2D eigenvalue weighted by molar-refractivity contribution is 6.14. The number of nitrogens with one attached hydrogen (secondary N) is 1. The maximum atomic E-state index is 11.9. The van der Waals surface area contributed by atoms with Gasteiger partial charge >= 0.3 is 6.03 Å². The van der Waals surface area contributed by atoms with Crippen molar-refractivity contribution in [1.82, 2.24) is 10.2 Å². The summed E-state index contributed by atoms with van der Waals surface area (Å²) in [5, 5.41) is 11.6. The van der Waals surface area contributed by atoms with Gasteiger partial charge < -0.3 is 10.4 Å². The molecule has 92 valence electrons. The summed E-state index contributed by atoms with van der Waals surface area (Å²) in [6.45, 7) is 3.67. The van der Waals surface area contributed by atoms with Crippen LogP contribution in [0.1, 0.15) is 5.56 Å². The number of carbonyl (C=O) groups is 2. The number of nitrogens with zero attached hydrogens (tertiary/aromatic N) is 1. The van der Waals surface area contributed by atoms with Crippen LogP contribution in [0, 0.1) is 0 Å². The first kappa shape index (κ1) is 11.9. The quantitative estimate of drug-likeness (QED) is 0.480.